The second-order valence-electron chi connectivity index (χ2n) is 6.16. The van der Waals surface area contributed by atoms with Crippen molar-refractivity contribution < 1.29 is 14.2 Å². The van der Waals surface area contributed by atoms with E-state index in [-0.39, 0.29) is 0 Å². The van der Waals surface area contributed by atoms with Crippen LogP contribution < -0.4 is 14.2 Å². The van der Waals surface area contributed by atoms with Crippen LogP contribution >= 0.6 is 0 Å². The highest BCUT2D eigenvalue weighted by molar-refractivity contribution is 5.73. The highest BCUT2D eigenvalue weighted by Gasteiger charge is 2.23. The van der Waals surface area contributed by atoms with Gasteiger partial charge in [0, 0.05) is 12.1 Å². The number of benzene rings is 1. The molecule has 25 heavy (non-hydrogen) atoms. The van der Waals surface area contributed by atoms with Gasteiger partial charge in [0.15, 0.2) is 22.8 Å². The van der Waals surface area contributed by atoms with E-state index in [4.69, 9.17) is 19.2 Å². The second kappa shape index (κ2) is 6.23. The molecule has 0 N–H and O–H groups in total. The molecule has 7 nitrogen and oxygen atoms in total. The Kier molecular flexibility index (Phi) is 3.91. The van der Waals surface area contributed by atoms with E-state index in [1.807, 2.05) is 18.5 Å². The topological polar surface area (TPSA) is 71.3 Å². The molecule has 1 fully saturated rings. The first kappa shape index (κ1) is 15.7. The van der Waals surface area contributed by atoms with Crippen molar-refractivity contribution in [3.05, 3.63) is 24.7 Å². The minimum atomic E-state index is 0.557. The third-order valence-corrected chi connectivity index (χ3v) is 4.44. The number of nitrogens with zero attached hydrogens (tertiary/aromatic N) is 4. The van der Waals surface area contributed by atoms with Crippen LogP contribution in [0.25, 0.3) is 22.6 Å². The maximum absolute atomic E-state index is 5.43. The van der Waals surface area contributed by atoms with E-state index in [2.05, 4.69) is 14.5 Å². The summed E-state index contributed by atoms with van der Waals surface area (Å²) in [6.45, 7) is 0.948. The molecule has 1 aromatic carbocycles. The molecule has 4 rings (SSSR count). The van der Waals surface area contributed by atoms with Gasteiger partial charge >= 0.3 is 0 Å². The lowest BCUT2D eigenvalue weighted by Crippen LogP contribution is -2.01. The molecular weight excluding hydrogens is 320 g/mol. The van der Waals surface area contributed by atoms with E-state index in [0.717, 1.165) is 29.4 Å². The molecule has 0 amide bonds. The van der Waals surface area contributed by atoms with Crippen molar-refractivity contribution in [2.45, 2.75) is 19.4 Å². The zero-order valence-electron chi connectivity index (χ0n) is 14.5. The molecule has 0 atom stereocenters. The second-order valence-corrected chi connectivity index (χ2v) is 6.16. The molecule has 1 aliphatic carbocycles. The van der Waals surface area contributed by atoms with Crippen LogP contribution in [0, 0.1) is 5.92 Å². The molecule has 0 spiro atoms. The van der Waals surface area contributed by atoms with E-state index in [9.17, 15) is 0 Å². The zero-order chi connectivity index (χ0) is 17.4. The van der Waals surface area contributed by atoms with Gasteiger partial charge in [0.05, 0.1) is 39.5 Å². The lowest BCUT2D eigenvalue weighted by atomic mass is 10.1. The third kappa shape index (κ3) is 2.86. The summed E-state index contributed by atoms with van der Waals surface area (Å²) < 4.78 is 18.3. The Bertz CT molecular complexity index is 893. The summed E-state index contributed by atoms with van der Waals surface area (Å²) in [5, 5.41) is 0. The lowest BCUT2D eigenvalue weighted by Gasteiger charge is -2.14. The highest BCUT2D eigenvalue weighted by Crippen LogP contribution is 2.41. The molecule has 0 saturated heterocycles. The molecule has 0 unspecified atom stereocenters. The number of hydrogen-bond acceptors (Lipinski definition) is 6. The molecular formula is C18H20N4O3. The van der Waals surface area contributed by atoms with E-state index in [0.29, 0.717) is 22.9 Å². The fourth-order valence-electron chi connectivity index (χ4n) is 2.92. The number of rotatable bonds is 6. The maximum atomic E-state index is 5.43. The fourth-order valence-corrected chi connectivity index (χ4v) is 2.92. The molecule has 0 aliphatic heterocycles. The van der Waals surface area contributed by atoms with Crippen LogP contribution in [0.1, 0.15) is 12.8 Å². The van der Waals surface area contributed by atoms with Gasteiger partial charge in [0.2, 0.25) is 5.75 Å². The summed E-state index contributed by atoms with van der Waals surface area (Å²) in [6, 6.07) is 3.75. The molecule has 1 aliphatic rings. The van der Waals surface area contributed by atoms with Gasteiger partial charge in [-0.3, -0.25) is 0 Å². The average molecular weight is 340 g/mol. The summed E-state index contributed by atoms with van der Waals surface area (Å²) in [7, 11) is 4.78. The number of hydrogen-bond donors (Lipinski definition) is 0. The van der Waals surface area contributed by atoms with Crippen LogP contribution in [0.2, 0.25) is 0 Å². The van der Waals surface area contributed by atoms with Crippen LogP contribution in [-0.4, -0.2) is 40.8 Å². The summed E-state index contributed by atoms with van der Waals surface area (Å²) in [5.41, 5.74) is 3.06. The van der Waals surface area contributed by atoms with Crippen molar-refractivity contribution in [1.82, 2.24) is 19.5 Å². The SMILES string of the molecule is COc1cc(-c2cnc3ncn(CC4CC4)c3n2)cc(OC)c1OC. The van der Waals surface area contributed by atoms with Gasteiger partial charge in [-0.1, -0.05) is 0 Å². The van der Waals surface area contributed by atoms with Gasteiger partial charge in [0.1, 0.15) is 0 Å². The van der Waals surface area contributed by atoms with Crippen LogP contribution in [0.15, 0.2) is 24.7 Å². The quantitative estimate of drug-likeness (QED) is 0.687. The molecule has 2 heterocycles. The van der Waals surface area contributed by atoms with E-state index in [1.165, 1.54) is 12.8 Å². The predicted molar refractivity (Wildman–Crippen MR) is 93.1 cm³/mol. The van der Waals surface area contributed by atoms with E-state index >= 15 is 0 Å². The predicted octanol–water partition coefficient (Wildman–Crippen LogP) is 2.93. The van der Waals surface area contributed by atoms with Crippen molar-refractivity contribution in [2.75, 3.05) is 21.3 Å². The molecule has 1 saturated carbocycles. The number of ether oxygens (including phenoxy) is 3. The summed E-state index contributed by atoms with van der Waals surface area (Å²) >= 11 is 0. The van der Waals surface area contributed by atoms with Crippen molar-refractivity contribution in [1.29, 1.82) is 0 Å². The minimum Gasteiger partial charge on any atom is -0.493 e. The average Bonchev–Trinajstić information content (AvgIpc) is 3.39. The monoisotopic (exact) mass is 340 g/mol. The van der Waals surface area contributed by atoms with Gasteiger partial charge in [-0.2, -0.15) is 0 Å². The first-order chi connectivity index (χ1) is 12.2. The van der Waals surface area contributed by atoms with Crippen molar-refractivity contribution in [3.63, 3.8) is 0 Å². The highest BCUT2D eigenvalue weighted by atomic mass is 16.5. The molecule has 0 radical (unpaired) electrons. The minimum absolute atomic E-state index is 0.557. The van der Waals surface area contributed by atoms with Gasteiger partial charge < -0.3 is 18.8 Å². The number of methoxy groups -OCH3 is 3. The van der Waals surface area contributed by atoms with Gasteiger partial charge in [0.25, 0.3) is 0 Å². The molecule has 0 bridgehead atoms. The Hall–Kier alpha value is -2.83. The summed E-state index contributed by atoms with van der Waals surface area (Å²) in [6.07, 6.45) is 6.10. The Balaban J connectivity index is 1.80. The van der Waals surface area contributed by atoms with Crippen molar-refractivity contribution >= 4 is 11.3 Å². The van der Waals surface area contributed by atoms with Gasteiger partial charge in [-0.15, -0.1) is 0 Å². The van der Waals surface area contributed by atoms with E-state index in [1.54, 1.807) is 27.5 Å². The van der Waals surface area contributed by atoms with Crippen LogP contribution in [0.3, 0.4) is 0 Å². The van der Waals surface area contributed by atoms with E-state index < -0.39 is 0 Å². The standard InChI is InChI=1S/C18H20N4O3/c1-23-14-6-12(7-15(24-2)16(14)25-3)13-8-19-17-18(21-13)22(10-20-17)9-11-4-5-11/h6-8,10-11H,4-5,9H2,1-3H3. The Morgan fingerprint density at radius 1 is 1.04 bits per heavy atom. The number of fused-ring (bicyclic) bond motifs is 1. The largest absolute Gasteiger partial charge is 0.493 e. The third-order valence-electron chi connectivity index (χ3n) is 4.44. The molecule has 7 heteroatoms. The summed E-state index contributed by atoms with van der Waals surface area (Å²) in [5.74, 6) is 2.47. The van der Waals surface area contributed by atoms with Crippen molar-refractivity contribution in [3.8, 4) is 28.5 Å². The molecule has 130 valence electrons. The van der Waals surface area contributed by atoms with Gasteiger partial charge in [-0.25, -0.2) is 15.0 Å². The fraction of sp³-hybridized carbons (Fsp3) is 0.389. The zero-order valence-corrected chi connectivity index (χ0v) is 14.5. The maximum Gasteiger partial charge on any atom is 0.203 e. The molecule has 2 aromatic heterocycles. The Morgan fingerprint density at radius 3 is 2.36 bits per heavy atom. The Labute approximate surface area is 145 Å². The number of aromatic nitrogens is 4. The number of imidazole rings is 1. The van der Waals surface area contributed by atoms with Crippen molar-refractivity contribution in [2.24, 2.45) is 5.92 Å². The van der Waals surface area contributed by atoms with Crippen LogP contribution in [-0.2, 0) is 6.54 Å². The molecule has 3 aromatic rings. The Morgan fingerprint density at radius 2 is 1.76 bits per heavy atom. The van der Waals surface area contributed by atoms with Crippen LogP contribution in [0.5, 0.6) is 17.2 Å². The first-order valence-electron chi connectivity index (χ1n) is 8.21. The van der Waals surface area contributed by atoms with Crippen LogP contribution in [0.4, 0.5) is 0 Å². The first-order valence-corrected chi connectivity index (χ1v) is 8.21. The normalized spacial score (nSPS) is 13.9. The van der Waals surface area contributed by atoms with Gasteiger partial charge in [-0.05, 0) is 30.9 Å². The summed E-state index contributed by atoms with van der Waals surface area (Å²) in [4.78, 5) is 13.6. The lowest BCUT2D eigenvalue weighted by molar-refractivity contribution is 0.324. The smallest absolute Gasteiger partial charge is 0.203 e.